The van der Waals surface area contributed by atoms with Gasteiger partial charge in [0.25, 0.3) is 0 Å². The summed E-state index contributed by atoms with van der Waals surface area (Å²) in [5, 5.41) is 0. The van der Waals surface area contributed by atoms with Gasteiger partial charge < -0.3 is 14.6 Å². The van der Waals surface area contributed by atoms with Crippen LogP contribution in [0.5, 0.6) is 5.75 Å². The summed E-state index contributed by atoms with van der Waals surface area (Å²) >= 11 is 0. The van der Waals surface area contributed by atoms with Crippen LogP contribution in [0.4, 0.5) is 0 Å². The number of fused-ring (bicyclic) bond motifs is 1. The number of hydrogen-bond donors (Lipinski definition) is 1. The maximum absolute atomic E-state index is 12.2. The van der Waals surface area contributed by atoms with E-state index in [9.17, 15) is 4.79 Å². The highest BCUT2D eigenvalue weighted by Crippen LogP contribution is 2.26. The normalized spacial score (nSPS) is 17.7. The van der Waals surface area contributed by atoms with Crippen molar-refractivity contribution in [1.29, 1.82) is 0 Å². The van der Waals surface area contributed by atoms with Crippen LogP contribution in [0.2, 0.25) is 0 Å². The number of rotatable bonds is 3. The molecule has 108 valence electrons. The maximum atomic E-state index is 12.2. The van der Waals surface area contributed by atoms with Gasteiger partial charge in [0.15, 0.2) is 0 Å². The van der Waals surface area contributed by atoms with Crippen molar-refractivity contribution in [1.82, 2.24) is 14.5 Å². The molecule has 5 nitrogen and oxygen atoms in total. The predicted molar refractivity (Wildman–Crippen MR) is 79.5 cm³/mol. The first kappa shape index (κ1) is 13.2. The Morgan fingerprint density at radius 2 is 2.10 bits per heavy atom. The lowest BCUT2D eigenvalue weighted by atomic mass is 10.0. The van der Waals surface area contributed by atoms with Gasteiger partial charge in [-0.1, -0.05) is 6.92 Å². The molecule has 5 heteroatoms. The fourth-order valence-corrected chi connectivity index (χ4v) is 3.08. The first-order valence-electron chi connectivity index (χ1n) is 7.23. The van der Waals surface area contributed by atoms with Crippen molar-refractivity contribution in [3.05, 3.63) is 28.7 Å². The number of hydrogen-bond acceptors (Lipinski definition) is 3. The zero-order chi connectivity index (χ0) is 14.1. The first-order valence-corrected chi connectivity index (χ1v) is 7.23. The van der Waals surface area contributed by atoms with Crippen molar-refractivity contribution in [3.63, 3.8) is 0 Å². The summed E-state index contributed by atoms with van der Waals surface area (Å²) in [4.78, 5) is 17.6. The van der Waals surface area contributed by atoms with Crippen molar-refractivity contribution < 1.29 is 4.74 Å². The van der Waals surface area contributed by atoms with E-state index in [4.69, 9.17) is 4.74 Å². The Hall–Kier alpha value is -1.75. The lowest BCUT2D eigenvalue weighted by molar-refractivity contribution is 0.195. The second-order valence-electron chi connectivity index (χ2n) is 5.35. The average molecular weight is 275 g/mol. The molecule has 3 rings (SSSR count). The van der Waals surface area contributed by atoms with Gasteiger partial charge in [-0.25, -0.2) is 4.79 Å². The highest BCUT2D eigenvalue weighted by Gasteiger charge is 2.22. The van der Waals surface area contributed by atoms with Crippen LogP contribution in [0.25, 0.3) is 11.0 Å². The molecule has 2 heterocycles. The van der Waals surface area contributed by atoms with Crippen LogP contribution in [0.1, 0.15) is 25.8 Å². The Kier molecular flexibility index (Phi) is 3.53. The van der Waals surface area contributed by atoms with Crippen molar-refractivity contribution in [2.24, 2.45) is 0 Å². The van der Waals surface area contributed by atoms with Crippen LogP contribution in [-0.2, 0) is 0 Å². The van der Waals surface area contributed by atoms with Gasteiger partial charge in [0.05, 0.1) is 18.1 Å². The third-order valence-corrected chi connectivity index (χ3v) is 4.29. The molecule has 0 bridgehead atoms. The highest BCUT2D eigenvalue weighted by molar-refractivity contribution is 5.77. The van der Waals surface area contributed by atoms with E-state index in [-0.39, 0.29) is 11.7 Å². The summed E-state index contributed by atoms with van der Waals surface area (Å²) in [7, 11) is 1.65. The fourth-order valence-electron chi connectivity index (χ4n) is 3.08. The zero-order valence-electron chi connectivity index (χ0n) is 12.1. The SMILES string of the molecule is CCN1CCC(n2c(=O)[nH]c3ccc(OC)cc32)CC1. The van der Waals surface area contributed by atoms with Crippen molar-refractivity contribution in [2.45, 2.75) is 25.8 Å². The number of H-pyrrole nitrogens is 1. The smallest absolute Gasteiger partial charge is 0.326 e. The molecule has 20 heavy (non-hydrogen) atoms. The second-order valence-corrected chi connectivity index (χ2v) is 5.35. The Morgan fingerprint density at radius 1 is 1.35 bits per heavy atom. The van der Waals surface area contributed by atoms with Crippen LogP contribution in [0.15, 0.2) is 23.0 Å². The summed E-state index contributed by atoms with van der Waals surface area (Å²) < 4.78 is 7.18. The standard InChI is InChI=1S/C15H21N3O2/c1-3-17-8-6-11(7-9-17)18-14-10-12(20-2)4-5-13(14)16-15(18)19/h4-5,10-11H,3,6-9H2,1-2H3,(H,16,19). The van der Waals surface area contributed by atoms with E-state index in [1.54, 1.807) is 7.11 Å². The molecular formula is C15H21N3O2. The van der Waals surface area contributed by atoms with Gasteiger partial charge in [0.1, 0.15) is 5.75 Å². The molecule has 0 saturated carbocycles. The summed E-state index contributed by atoms with van der Waals surface area (Å²) in [5.41, 5.74) is 1.82. The quantitative estimate of drug-likeness (QED) is 0.932. The number of imidazole rings is 1. The summed E-state index contributed by atoms with van der Waals surface area (Å²) in [6.45, 7) is 5.39. The number of aromatic amines is 1. The molecule has 1 N–H and O–H groups in total. The van der Waals surface area contributed by atoms with Crippen LogP contribution in [0, 0.1) is 0 Å². The molecule has 1 aliphatic heterocycles. The zero-order valence-corrected chi connectivity index (χ0v) is 12.1. The number of methoxy groups -OCH3 is 1. The van der Waals surface area contributed by atoms with Crippen molar-refractivity contribution >= 4 is 11.0 Å². The monoisotopic (exact) mass is 275 g/mol. The van der Waals surface area contributed by atoms with Gasteiger partial charge in [-0.15, -0.1) is 0 Å². The number of benzene rings is 1. The van der Waals surface area contributed by atoms with Crippen LogP contribution in [0.3, 0.4) is 0 Å². The van der Waals surface area contributed by atoms with Gasteiger partial charge in [-0.05, 0) is 31.5 Å². The molecule has 1 aliphatic rings. The minimum absolute atomic E-state index is 0.0109. The number of ether oxygens (including phenoxy) is 1. The lowest BCUT2D eigenvalue weighted by Gasteiger charge is -2.31. The second kappa shape index (κ2) is 5.32. The topological polar surface area (TPSA) is 50.3 Å². The minimum atomic E-state index is -0.0109. The van der Waals surface area contributed by atoms with E-state index < -0.39 is 0 Å². The molecular weight excluding hydrogens is 254 g/mol. The lowest BCUT2D eigenvalue weighted by Crippen LogP contribution is -2.36. The van der Waals surface area contributed by atoms with Crippen LogP contribution in [-0.4, -0.2) is 41.2 Å². The minimum Gasteiger partial charge on any atom is -0.497 e. The number of nitrogens with zero attached hydrogens (tertiary/aromatic N) is 2. The van der Waals surface area contributed by atoms with E-state index >= 15 is 0 Å². The van der Waals surface area contributed by atoms with E-state index in [0.29, 0.717) is 0 Å². The van der Waals surface area contributed by atoms with E-state index in [0.717, 1.165) is 49.3 Å². The molecule has 1 aromatic heterocycles. The average Bonchev–Trinajstić information content (AvgIpc) is 2.82. The fraction of sp³-hybridized carbons (Fsp3) is 0.533. The molecule has 1 saturated heterocycles. The Bertz CT molecular complexity index is 651. The summed E-state index contributed by atoms with van der Waals surface area (Å²) in [6.07, 6.45) is 2.05. The molecule has 0 amide bonds. The molecule has 0 unspecified atom stereocenters. The Labute approximate surface area is 118 Å². The molecule has 0 radical (unpaired) electrons. The first-order chi connectivity index (χ1) is 9.72. The molecule has 0 atom stereocenters. The van der Waals surface area contributed by atoms with Crippen molar-refractivity contribution in [3.8, 4) is 5.75 Å². The number of nitrogens with one attached hydrogen (secondary N) is 1. The predicted octanol–water partition coefficient (Wildman–Crippen LogP) is 1.99. The number of aromatic nitrogens is 2. The van der Waals surface area contributed by atoms with Gasteiger partial charge in [-0.3, -0.25) is 4.57 Å². The Morgan fingerprint density at radius 3 is 2.75 bits per heavy atom. The molecule has 0 aliphatic carbocycles. The molecule has 2 aromatic rings. The number of piperidine rings is 1. The Balaban J connectivity index is 1.98. The van der Waals surface area contributed by atoms with Gasteiger partial charge in [0, 0.05) is 25.2 Å². The summed E-state index contributed by atoms with van der Waals surface area (Å²) in [6, 6.07) is 6.01. The van der Waals surface area contributed by atoms with E-state index in [1.807, 2.05) is 22.8 Å². The molecule has 0 spiro atoms. The maximum Gasteiger partial charge on any atom is 0.326 e. The molecule has 1 aromatic carbocycles. The van der Waals surface area contributed by atoms with Gasteiger partial charge >= 0.3 is 5.69 Å². The van der Waals surface area contributed by atoms with Gasteiger partial charge in [-0.2, -0.15) is 0 Å². The van der Waals surface area contributed by atoms with E-state index in [2.05, 4.69) is 16.8 Å². The third kappa shape index (κ3) is 2.22. The van der Waals surface area contributed by atoms with E-state index in [1.165, 1.54) is 0 Å². The largest absolute Gasteiger partial charge is 0.497 e. The van der Waals surface area contributed by atoms with Gasteiger partial charge in [0.2, 0.25) is 0 Å². The highest BCUT2D eigenvalue weighted by atomic mass is 16.5. The summed E-state index contributed by atoms with van der Waals surface area (Å²) in [5.74, 6) is 0.788. The number of likely N-dealkylation sites (tertiary alicyclic amines) is 1. The van der Waals surface area contributed by atoms with Crippen molar-refractivity contribution in [2.75, 3.05) is 26.7 Å². The van der Waals surface area contributed by atoms with Crippen LogP contribution < -0.4 is 10.4 Å². The third-order valence-electron chi connectivity index (χ3n) is 4.29. The molecule has 1 fully saturated rings. The van der Waals surface area contributed by atoms with Crippen LogP contribution >= 0.6 is 0 Å².